The molecule has 3 aromatic heterocycles. The first-order valence-electron chi connectivity index (χ1n) is 8.73. The number of carbonyl (C=O) groups is 2. The van der Waals surface area contributed by atoms with Gasteiger partial charge < -0.3 is 5.32 Å². The van der Waals surface area contributed by atoms with Crippen molar-refractivity contribution in [3.8, 4) is 5.82 Å². The van der Waals surface area contributed by atoms with Gasteiger partial charge in [0.05, 0.1) is 17.6 Å². The van der Waals surface area contributed by atoms with Gasteiger partial charge in [0.15, 0.2) is 11.6 Å². The van der Waals surface area contributed by atoms with Crippen LogP contribution >= 0.6 is 11.3 Å². The number of nitrogens with zero attached hydrogens (tertiary/aromatic N) is 3. The van der Waals surface area contributed by atoms with Crippen molar-refractivity contribution in [1.82, 2.24) is 14.8 Å². The molecular formula is C20H22N4O2S. The number of Topliss-reactive ketones (excluding diaryl/α,β-unsaturated/α-hetero) is 1. The summed E-state index contributed by atoms with van der Waals surface area (Å²) in [6.45, 7) is 7.80. The van der Waals surface area contributed by atoms with E-state index in [1.54, 1.807) is 34.3 Å². The average Bonchev–Trinajstić information content (AvgIpc) is 3.14. The Hall–Kier alpha value is -2.80. The summed E-state index contributed by atoms with van der Waals surface area (Å²) < 4.78 is 1.75. The number of pyridine rings is 1. The van der Waals surface area contributed by atoms with Crippen molar-refractivity contribution >= 4 is 28.7 Å². The molecule has 3 aromatic rings. The lowest BCUT2D eigenvalue weighted by Crippen LogP contribution is -2.14. The molecule has 1 N–H and O–H groups in total. The lowest BCUT2D eigenvalue weighted by molar-refractivity contribution is -0.116. The van der Waals surface area contributed by atoms with Gasteiger partial charge in [-0.1, -0.05) is 0 Å². The molecule has 7 heteroatoms. The van der Waals surface area contributed by atoms with Gasteiger partial charge in [0.2, 0.25) is 5.91 Å². The number of hydrogen-bond acceptors (Lipinski definition) is 5. The summed E-state index contributed by atoms with van der Waals surface area (Å²) in [6, 6.07) is 7.45. The van der Waals surface area contributed by atoms with E-state index in [1.165, 1.54) is 0 Å². The van der Waals surface area contributed by atoms with Gasteiger partial charge in [0, 0.05) is 33.9 Å². The second kappa shape index (κ2) is 7.84. The van der Waals surface area contributed by atoms with Gasteiger partial charge in [-0.15, -0.1) is 11.3 Å². The number of carbonyl (C=O) groups excluding carboxylic acids is 2. The smallest absolute Gasteiger partial charge is 0.224 e. The van der Waals surface area contributed by atoms with Crippen LogP contribution in [0.5, 0.6) is 0 Å². The molecule has 0 aliphatic heterocycles. The van der Waals surface area contributed by atoms with Crippen molar-refractivity contribution < 1.29 is 9.59 Å². The Morgan fingerprint density at radius 2 is 1.89 bits per heavy atom. The summed E-state index contributed by atoms with van der Waals surface area (Å²) in [7, 11) is 0. The number of rotatable bonds is 6. The van der Waals surface area contributed by atoms with Gasteiger partial charge in [-0.05, 0) is 52.0 Å². The first-order valence-corrected chi connectivity index (χ1v) is 9.55. The van der Waals surface area contributed by atoms with Crippen LogP contribution in [0.3, 0.4) is 0 Å². The Morgan fingerprint density at radius 3 is 2.44 bits per heavy atom. The molecule has 0 bridgehead atoms. The highest BCUT2D eigenvalue weighted by Crippen LogP contribution is 2.22. The molecule has 3 heterocycles. The van der Waals surface area contributed by atoms with E-state index in [0.29, 0.717) is 11.5 Å². The second-order valence-electron chi connectivity index (χ2n) is 6.54. The summed E-state index contributed by atoms with van der Waals surface area (Å²) in [5.41, 5.74) is 3.24. The zero-order valence-corrected chi connectivity index (χ0v) is 16.7. The second-order valence-corrected chi connectivity index (χ2v) is 8.00. The number of amides is 1. The molecular weight excluding hydrogens is 360 g/mol. The molecule has 0 saturated carbocycles. The van der Waals surface area contributed by atoms with Gasteiger partial charge >= 0.3 is 0 Å². The Bertz CT molecular complexity index is 986. The van der Waals surface area contributed by atoms with Crippen molar-refractivity contribution in [1.29, 1.82) is 0 Å². The van der Waals surface area contributed by atoms with Gasteiger partial charge in [0.1, 0.15) is 0 Å². The number of hydrogen-bond donors (Lipinski definition) is 1. The number of anilines is 1. The SMILES string of the molecule is Cc1cc(C)n(-c2ccc(NC(=O)CCC(=O)c3cc(C)sc3C)cn2)n1. The third-order valence-corrected chi connectivity index (χ3v) is 5.14. The zero-order valence-electron chi connectivity index (χ0n) is 15.9. The number of thiophene rings is 1. The molecule has 6 nitrogen and oxygen atoms in total. The number of ketones is 1. The van der Waals surface area contributed by atoms with E-state index in [-0.39, 0.29) is 24.5 Å². The Labute approximate surface area is 162 Å². The lowest BCUT2D eigenvalue weighted by Gasteiger charge is -2.07. The topological polar surface area (TPSA) is 76.9 Å². The minimum absolute atomic E-state index is 0.00463. The van der Waals surface area contributed by atoms with E-state index in [0.717, 1.165) is 26.7 Å². The highest BCUT2D eigenvalue weighted by Gasteiger charge is 2.14. The molecule has 140 valence electrons. The summed E-state index contributed by atoms with van der Waals surface area (Å²) >= 11 is 1.60. The molecule has 0 aliphatic rings. The molecule has 27 heavy (non-hydrogen) atoms. The largest absolute Gasteiger partial charge is 0.325 e. The van der Waals surface area contributed by atoms with Crippen molar-refractivity contribution in [3.63, 3.8) is 0 Å². The normalized spacial score (nSPS) is 10.8. The molecule has 3 rings (SSSR count). The fourth-order valence-electron chi connectivity index (χ4n) is 2.94. The van der Waals surface area contributed by atoms with Crippen LogP contribution in [0.1, 0.15) is 44.3 Å². The number of aromatic nitrogens is 3. The van der Waals surface area contributed by atoms with E-state index in [4.69, 9.17) is 0 Å². The van der Waals surface area contributed by atoms with E-state index in [9.17, 15) is 9.59 Å². The molecule has 0 aliphatic carbocycles. The van der Waals surface area contributed by atoms with Crippen molar-refractivity contribution in [2.45, 2.75) is 40.5 Å². The standard InChI is InChI=1S/C20H22N4O2S/c1-12-9-13(2)24(23-12)19-7-5-16(11-21-19)22-20(26)8-6-18(25)17-10-14(3)27-15(17)4/h5,7,9-11H,6,8H2,1-4H3,(H,22,26). The maximum atomic E-state index is 12.3. The molecule has 1 amide bonds. The van der Waals surface area contributed by atoms with Crippen LogP contribution in [0.25, 0.3) is 5.82 Å². The maximum absolute atomic E-state index is 12.3. The summed E-state index contributed by atoms with van der Waals surface area (Å²) in [5.74, 6) is 0.496. The molecule has 0 radical (unpaired) electrons. The highest BCUT2D eigenvalue weighted by atomic mass is 32.1. The lowest BCUT2D eigenvalue weighted by atomic mass is 10.1. The molecule has 0 atom stereocenters. The van der Waals surface area contributed by atoms with E-state index < -0.39 is 0 Å². The molecule has 0 spiro atoms. The van der Waals surface area contributed by atoms with Gasteiger partial charge in [-0.2, -0.15) is 5.10 Å². The Morgan fingerprint density at radius 1 is 1.11 bits per heavy atom. The van der Waals surface area contributed by atoms with Crippen molar-refractivity contribution in [2.75, 3.05) is 5.32 Å². The fourth-order valence-corrected chi connectivity index (χ4v) is 3.88. The van der Waals surface area contributed by atoms with Crippen LogP contribution in [-0.2, 0) is 4.79 Å². The molecule has 0 saturated heterocycles. The first kappa shape index (κ1) is 19.0. The van der Waals surface area contributed by atoms with Crippen LogP contribution in [0, 0.1) is 27.7 Å². The predicted molar refractivity (Wildman–Crippen MR) is 107 cm³/mol. The van der Waals surface area contributed by atoms with Gasteiger partial charge in [-0.25, -0.2) is 9.67 Å². The van der Waals surface area contributed by atoms with E-state index in [2.05, 4.69) is 15.4 Å². The van der Waals surface area contributed by atoms with Crippen LogP contribution in [0.15, 0.2) is 30.5 Å². The summed E-state index contributed by atoms with van der Waals surface area (Å²) in [6.07, 6.45) is 1.93. The fraction of sp³-hybridized carbons (Fsp3) is 0.300. The zero-order chi connectivity index (χ0) is 19.6. The van der Waals surface area contributed by atoms with E-state index >= 15 is 0 Å². The van der Waals surface area contributed by atoms with Crippen LogP contribution < -0.4 is 5.32 Å². The monoisotopic (exact) mass is 382 g/mol. The Kier molecular flexibility index (Phi) is 5.51. The third-order valence-electron chi connectivity index (χ3n) is 4.18. The van der Waals surface area contributed by atoms with Crippen LogP contribution in [0.4, 0.5) is 5.69 Å². The van der Waals surface area contributed by atoms with Gasteiger partial charge in [-0.3, -0.25) is 9.59 Å². The minimum Gasteiger partial charge on any atom is -0.325 e. The maximum Gasteiger partial charge on any atom is 0.224 e. The first-order chi connectivity index (χ1) is 12.8. The summed E-state index contributed by atoms with van der Waals surface area (Å²) in [4.78, 5) is 30.9. The van der Waals surface area contributed by atoms with Crippen molar-refractivity contribution in [2.24, 2.45) is 0 Å². The molecule has 0 fully saturated rings. The average molecular weight is 382 g/mol. The molecule has 0 unspecified atom stereocenters. The van der Waals surface area contributed by atoms with Crippen LogP contribution in [-0.4, -0.2) is 26.5 Å². The minimum atomic E-state index is -0.200. The quantitative estimate of drug-likeness (QED) is 0.649. The van der Waals surface area contributed by atoms with Crippen LogP contribution in [0.2, 0.25) is 0 Å². The highest BCUT2D eigenvalue weighted by molar-refractivity contribution is 7.12. The Balaban J connectivity index is 1.57. The molecule has 0 aromatic carbocycles. The number of aryl methyl sites for hydroxylation is 4. The summed E-state index contributed by atoms with van der Waals surface area (Å²) in [5, 5.41) is 7.17. The predicted octanol–water partition coefficient (Wildman–Crippen LogP) is 4.16. The third kappa shape index (κ3) is 4.49. The van der Waals surface area contributed by atoms with Gasteiger partial charge in [0.25, 0.3) is 0 Å². The van der Waals surface area contributed by atoms with E-state index in [1.807, 2.05) is 39.8 Å². The number of nitrogens with one attached hydrogen (secondary N) is 1. The van der Waals surface area contributed by atoms with Crippen molar-refractivity contribution in [3.05, 3.63) is 57.2 Å².